The summed E-state index contributed by atoms with van der Waals surface area (Å²) in [5.74, 6) is 0. The van der Waals surface area contributed by atoms with Crippen LogP contribution in [0.5, 0.6) is 0 Å². The number of hydrogen-bond acceptors (Lipinski definition) is 5. The van der Waals surface area contributed by atoms with Crippen molar-refractivity contribution in [1.29, 1.82) is 0 Å². The molecule has 0 atom stereocenters. The molecule has 0 amide bonds. The number of hydrogen-bond donors (Lipinski definition) is 0. The van der Waals surface area contributed by atoms with E-state index >= 15 is 0 Å². The van der Waals surface area contributed by atoms with E-state index in [4.69, 9.17) is 20.9 Å². The third-order valence-corrected chi connectivity index (χ3v) is 4.67. The van der Waals surface area contributed by atoms with Gasteiger partial charge in [-0.25, -0.2) is 4.79 Å². The van der Waals surface area contributed by atoms with E-state index in [1.807, 2.05) is 30.3 Å². The monoisotopic (exact) mass is 377 g/mol. The molecule has 27 heavy (non-hydrogen) atoms. The van der Waals surface area contributed by atoms with Crippen LogP contribution in [-0.2, 0) is 6.61 Å². The van der Waals surface area contributed by atoms with Gasteiger partial charge in [0.05, 0.1) is 0 Å². The topological polar surface area (TPSA) is 70.2 Å². The SMILES string of the molecule is O=c1cc(COn2nnc3ccc(Cl)cc32)c2c(ccc3ccccc32)o1. The summed E-state index contributed by atoms with van der Waals surface area (Å²) in [7, 11) is 0. The van der Waals surface area contributed by atoms with E-state index in [1.54, 1.807) is 24.3 Å². The first-order valence-electron chi connectivity index (χ1n) is 8.28. The van der Waals surface area contributed by atoms with Crippen molar-refractivity contribution < 1.29 is 9.25 Å². The van der Waals surface area contributed by atoms with Gasteiger partial charge in [-0.3, -0.25) is 0 Å². The first-order chi connectivity index (χ1) is 13.2. The van der Waals surface area contributed by atoms with Crippen molar-refractivity contribution in [3.8, 4) is 0 Å². The minimum Gasteiger partial charge on any atom is -0.423 e. The molecule has 0 aliphatic rings. The van der Waals surface area contributed by atoms with Crippen molar-refractivity contribution in [2.45, 2.75) is 6.61 Å². The Morgan fingerprint density at radius 1 is 1.07 bits per heavy atom. The molecule has 0 aliphatic heterocycles. The van der Waals surface area contributed by atoms with Crippen LogP contribution >= 0.6 is 11.6 Å². The number of fused-ring (bicyclic) bond motifs is 4. The molecule has 5 aromatic rings. The second-order valence-electron chi connectivity index (χ2n) is 6.12. The van der Waals surface area contributed by atoms with Crippen LogP contribution in [0.15, 0.2) is 69.9 Å². The minimum absolute atomic E-state index is 0.126. The van der Waals surface area contributed by atoms with Crippen LogP contribution in [-0.4, -0.2) is 15.2 Å². The Balaban J connectivity index is 1.63. The molecule has 0 saturated heterocycles. The fraction of sp³-hybridized carbons (Fsp3) is 0.0500. The Morgan fingerprint density at radius 3 is 2.89 bits per heavy atom. The van der Waals surface area contributed by atoms with Gasteiger partial charge in [-0.05, 0) is 40.3 Å². The van der Waals surface area contributed by atoms with Crippen molar-refractivity contribution in [3.05, 3.63) is 81.7 Å². The van der Waals surface area contributed by atoms with Crippen LogP contribution in [0.25, 0.3) is 32.8 Å². The molecular weight excluding hydrogens is 366 g/mol. The highest BCUT2D eigenvalue weighted by molar-refractivity contribution is 6.31. The van der Waals surface area contributed by atoms with Gasteiger partial charge < -0.3 is 9.25 Å². The fourth-order valence-electron chi connectivity index (χ4n) is 3.23. The molecule has 0 unspecified atom stereocenters. The molecule has 132 valence electrons. The third-order valence-electron chi connectivity index (χ3n) is 4.43. The average Bonchev–Trinajstić information content (AvgIpc) is 3.07. The summed E-state index contributed by atoms with van der Waals surface area (Å²) in [6.07, 6.45) is 0. The van der Waals surface area contributed by atoms with Crippen molar-refractivity contribution in [2.75, 3.05) is 0 Å². The van der Waals surface area contributed by atoms with E-state index in [1.165, 1.54) is 10.9 Å². The first kappa shape index (κ1) is 15.8. The second-order valence-corrected chi connectivity index (χ2v) is 6.56. The zero-order valence-electron chi connectivity index (χ0n) is 13.9. The van der Waals surface area contributed by atoms with Gasteiger partial charge in [-0.1, -0.05) is 46.8 Å². The molecular formula is C20H12ClN3O3. The fourth-order valence-corrected chi connectivity index (χ4v) is 3.40. The van der Waals surface area contributed by atoms with E-state index in [0.29, 0.717) is 27.2 Å². The highest BCUT2D eigenvalue weighted by Gasteiger charge is 2.12. The predicted molar refractivity (Wildman–Crippen MR) is 103 cm³/mol. The van der Waals surface area contributed by atoms with E-state index in [2.05, 4.69) is 10.3 Å². The molecule has 0 saturated carbocycles. The lowest BCUT2D eigenvalue weighted by atomic mass is 10.0. The lowest BCUT2D eigenvalue weighted by Gasteiger charge is -2.10. The van der Waals surface area contributed by atoms with Crippen LogP contribution < -0.4 is 10.5 Å². The second kappa shape index (κ2) is 6.10. The summed E-state index contributed by atoms with van der Waals surface area (Å²) in [5.41, 5.74) is 2.12. The zero-order valence-corrected chi connectivity index (χ0v) is 14.7. The normalized spacial score (nSPS) is 11.4. The van der Waals surface area contributed by atoms with Crippen molar-refractivity contribution in [1.82, 2.24) is 15.2 Å². The number of halogens is 1. The molecule has 0 radical (unpaired) electrons. The first-order valence-corrected chi connectivity index (χ1v) is 8.65. The summed E-state index contributed by atoms with van der Waals surface area (Å²) < 4.78 is 5.37. The number of benzene rings is 3. The Morgan fingerprint density at radius 2 is 1.96 bits per heavy atom. The highest BCUT2D eigenvalue weighted by atomic mass is 35.5. The Hall–Kier alpha value is -3.38. The Kier molecular flexibility index (Phi) is 3.58. The van der Waals surface area contributed by atoms with E-state index in [0.717, 1.165) is 16.2 Å². The quantitative estimate of drug-likeness (QED) is 0.351. The molecule has 7 heteroatoms. The van der Waals surface area contributed by atoms with Crippen molar-refractivity contribution in [2.24, 2.45) is 0 Å². The summed E-state index contributed by atoms with van der Waals surface area (Å²) in [6, 6.07) is 18.3. The smallest absolute Gasteiger partial charge is 0.336 e. The largest absolute Gasteiger partial charge is 0.423 e. The standard InChI is InChI=1S/C20H12ClN3O3/c21-14-6-7-16-17(10-14)24(23-22-16)26-11-13-9-19(25)27-18-8-5-12-3-1-2-4-15(12)20(13)18/h1-10H,11H2. The summed E-state index contributed by atoms with van der Waals surface area (Å²) in [4.78, 5) is 19.1. The summed E-state index contributed by atoms with van der Waals surface area (Å²) in [6.45, 7) is 0.126. The van der Waals surface area contributed by atoms with Gasteiger partial charge in [-0.2, -0.15) is 0 Å². The predicted octanol–water partition coefficient (Wildman–Crippen LogP) is 3.97. The van der Waals surface area contributed by atoms with Crippen LogP contribution in [0, 0.1) is 0 Å². The maximum absolute atomic E-state index is 12.0. The summed E-state index contributed by atoms with van der Waals surface area (Å²) in [5, 5.41) is 11.5. The lowest BCUT2D eigenvalue weighted by molar-refractivity contribution is 0.0756. The molecule has 0 spiro atoms. The van der Waals surface area contributed by atoms with Gasteiger partial charge in [0.2, 0.25) is 0 Å². The van der Waals surface area contributed by atoms with Gasteiger partial charge >= 0.3 is 5.63 Å². The number of aromatic nitrogens is 3. The molecule has 0 bridgehead atoms. The van der Waals surface area contributed by atoms with Gasteiger partial charge in [0.1, 0.15) is 23.2 Å². The molecule has 0 fully saturated rings. The highest BCUT2D eigenvalue weighted by Crippen LogP contribution is 2.27. The third kappa shape index (κ3) is 2.71. The number of rotatable bonds is 3. The minimum atomic E-state index is -0.428. The molecule has 0 N–H and O–H groups in total. The van der Waals surface area contributed by atoms with Crippen LogP contribution in [0.1, 0.15) is 5.56 Å². The molecule has 0 aliphatic carbocycles. The van der Waals surface area contributed by atoms with Crippen LogP contribution in [0.4, 0.5) is 0 Å². The van der Waals surface area contributed by atoms with Gasteiger partial charge in [0.25, 0.3) is 0 Å². The maximum Gasteiger partial charge on any atom is 0.336 e. The molecule has 3 aromatic carbocycles. The lowest BCUT2D eigenvalue weighted by Crippen LogP contribution is -2.14. The van der Waals surface area contributed by atoms with Crippen molar-refractivity contribution in [3.63, 3.8) is 0 Å². The Labute approximate surface area is 157 Å². The maximum atomic E-state index is 12.0. The van der Waals surface area contributed by atoms with Crippen molar-refractivity contribution >= 4 is 44.4 Å². The van der Waals surface area contributed by atoms with E-state index < -0.39 is 5.63 Å². The molecule has 2 heterocycles. The summed E-state index contributed by atoms with van der Waals surface area (Å²) >= 11 is 6.05. The molecule has 5 rings (SSSR count). The van der Waals surface area contributed by atoms with E-state index in [9.17, 15) is 4.79 Å². The molecule has 6 nitrogen and oxygen atoms in total. The molecule has 2 aromatic heterocycles. The van der Waals surface area contributed by atoms with Gasteiger partial charge in [-0.15, -0.1) is 5.10 Å². The van der Waals surface area contributed by atoms with Gasteiger partial charge in [0, 0.05) is 22.0 Å². The van der Waals surface area contributed by atoms with E-state index in [-0.39, 0.29) is 6.61 Å². The van der Waals surface area contributed by atoms with Crippen LogP contribution in [0.3, 0.4) is 0 Å². The zero-order chi connectivity index (χ0) is 18.4. The van der Waals surface area contributed by atoms with Gasteiger partial charge in [0.15, 0.2) is 0 Å². The number of nitrogens with zero attached hydrogens (tertiary/aromatic N) is 3. The average molecular weight is 378 g/mol. The van der Waals surface area contributed by atoms with Crippen LogP contribution in [0.2, 0.25) is 5.02 Å². The Bertz CT molecular complexity index is 1370.